The Morgan fingerprint density at radius 3 is 2.79 bits per heavy atom. The van der Waals surface area contributed by atoms with Gasteiger partial charge in [-0.25, -0.2) is 0 Å². The Morgan fingerprint density at radius 1 is 1.58 bits per heavy atom. The molecule has 0 fully saturated rings. The van der Waals surface area contributed by atoms with Crippen LogP contribution in [-0.2, 0) is 0 Å². The van der Waals surface area contributed by atoms with E-state index >= 15 is 0 Å². The van der Waals surface area contributed by atoms with Crippen LogP contribution in [0.2, 0.25) is 0 Å². The van der Waals surface area contributed by atoms with Crippen molar-refractivity contribution in [3.8, 4) is 0 Å². The molecule has 104 valence electrons. The molecule has 0 radical (unpaired) electrons. The summed E-state index contributed by atoms with van der Waals surface area (Å²) in [4.78, 5) is 12.2. The maximum absolute atomic E-state index is 12.2. The Hall–Kier alpha value is -1.56. The van der Waals surface area contributed by atoms with E-state index in [2.05, 4.69) is 26.4 Å². The molecule has 1 atom stereocenters. The van der Waals surface area contributed by atoms with Crippen LogP contribution in [0.4, 0.5) is 0 Å². The predicted octanol–water partition coefficient (Wildman–Crippen LogP) is 2.40. The number of amides is 1. The Bertz CT molecular complexity index is 489. The van der Waals surface area contributed by atoms with Crippen molar-refractivity contribution < 1.29 is 10.0 Å². The molecule has 6 heteroatoms. The molecule has 1 aromatic carbocycles. The smallest absolute Gasteiger partial charge is 0.252 e. The van der Waals surface area contributed by atoms with Gasteiger partial charge in [0, 0.05) is 10.0 Å². The van der Waals surface area contributed by atoms with Crippen LogP contribution in [0.25, 0.3) is 0 Å². The highest BCUT2D eigenvalue weighted by molar-refractivity contribution is 9.10. The minimum Gasteiger partial charge on any atom is -0.409 e. The van der Waals surface area contributed by atoms with Gasteiger partial charge in [-0.3, -0.25) is 4.79 Å². The first-order valence-electron chi connectivity index (χ1n) is 6.04. The van der Waals surface area contributed by atoms with E-state index in [0.717, 1.165) is 16.5 Å². The quantitative estimate of drug-likeness (QED) is 0.336. The lowest BCUT2D eigenvalue weighted by molar-refractivity contribution is 0.0944. The van der Waals surface area contributed by atoms with Gasteiger partial charge in [0.1, 0.15) is 0 Å². The molecule has 0 aliphatic rings. The SMILES string of the molecule is CCCC(NC(=O)c1ccc(Br)cc1C)/C(N)=N/O. The van der Waals surface area contributed by atoms with Crippen molar-refractivity contribution in [1.29, 1.82) is 0 Å². The van der Waals surface area contributed by atoms with Crippen molar-refractivity contribution >= 4 is 27.7 Å². The fourth-order valence-electron chi connectivity index (χ4n) is 1.77. The van der Waals surface area contributed by atoms with E-state index in [0.29, 0.717) is 12.0 Å². The van der Waals surface area contributed by atoms with Crippen molar-refractivity contribution in [1.82, 2.24) is 5.32 Å². The molecule has 19 heavy (non-hydrogen) atoms. The molecule has 0 saturated heterocycles. The third-order valence-electron chi connectivity index (χ3n) is 2.79. The molecule has 1 aromatic rings. The molecule has 1 unspecified atom stereocenters. The average Bonchev–Trinajstić information content (AvgIpc) is 2.37. The van der Waals surface area contributed by atoms with Crippen molar-refractivity contribution in [2.75, 3.05) is 0 Å². The Balaban J connectivity index is 2.87. The zero-order valence-corrected chi connectivity index (χ0v) is 12.6. The standard InChI is InChI=1S/C13H18BrN3O2/c1-3-4-11(12(15)17-19)16-13(18)10-6-5-9(14)7-8(10)2/h5-7,11,19H,3-4H2,1-2H3,(H2,15,17)(H,16,18). The first kappa shape index (κ1) is 15.5. The number of aryl methyl sites for hydroxylation is 1. The number of carbonyl (C=O) groups excluding carboxylic acids is 1. The van der Waals surface area contributed by atoms with E-state index in [4.69, 9.17) is 10.9 Å². The molecular formula is C13H18BrN3O2. The van der Waals surface area contributed by atoms with Crippen LogP contribution in [0.5, 0.6) is 0 Å². The normalized spacial score (nSPS) is 13.1. The summed E-state index contributed by atoms with van der Waals surface area (Å²) < 4.78 is 0.920. The van der Waals surface area contributed by atoms with E-state index in [-0.39, 0.29) is 11.7 Å². The number of rotatable bonds is 5. The molecule has 5 nitrogen and oxygen atoms in total. The van der Waals surface area contributed by atoms with E-state index in [1.807, 2.05) is 19.9 Å². The number of nitrogens with two attached hydrogens (primary N) is 1. The summed E-state index contributed by atoms with van der Waals surface area (Å²) in [6.45, 7) is 3.83. The molecular weight excluding hydrogens is 310 g/mol. The van der Waals surface area contributed by atoms with Gasteiger partial charge in [0.2, 0.25) is 0 Å². The average molecular weight is 328 g/mol. The summed E-state index contributed by atoms with van der Waals surface area (Å²) in [5, 5.41) is 14.4. The zero-order chi connectivity index (χ0) is 14.4. The summed E-state index contributed by atoms with van der Waals surface area (Å²) in [5.74, 6) is -0.208. The van der Waals surface area contributed by atoms with Crippen LogP contribution in [0, 0.1) is 6.92 Å². The minimum absolute atomic E-state index is 0.0185. The lowest BCUT2D eigenvalue weighted by Gasteiger charge is -2.17. The topological polar surface area (TPSA) is 87.7 Å². The predicted molar refractivity (Wildman–Crippen MR) is 78.5 cm³/mol. The third kappa shape index (κ3) is 4.24. The number of amidine groups is 1. The Kier molecular flexibility index (Phi) is 5.82. The third-order valence-corrected chi connectivity index (χ3v) is 3.28. The van der Waals surface area contributed by atoms with Gasteiger partial charge in [-0.15, -0.1) is 0 Å². The molecule has 0 aliphatic carbocycles. The summed E-state index contributed by atoms with van der Waals surface area (Å²) in [6.07, 6.45) is 1.44. The number of hydrogen-bond donors (Lipinski definition) is 3. The van der Waals surface area contributed by atoms with Gasteiger partial charge in [0.05, 0.1) is 6.04 Å². The zero-order valence-electron chi connectivity index (χ0n) is 11.0. The van der Waals surface area contributed by atoms with Gasteiger partial charge in [-0.05, 0) is 37.1 Å². The second-order valence-electron chi connectivity index (χ2n) is 4.30. The molecule has 0 heterocycles. The van der Waals surface area contributed by atoms with E-state index in [1.165, 1.54) is 0 Å². The molecule has 1 rings (SSSR count). The Morgan fingerprint density at radius 2 is 2.26 bits per heavy atom. The van der Waals surface area contributed by atoms with Gasteiger partial charge in [0.15, 0.2) is 5.84 Å². The highest BCUT2D eigenvalue weighted by Crippen LogP contribution is 2.16. The highest BCUT2D eigenvalue weighted by Gasteiger charge is 2.18. The number of carbonyl (C=O) groups is 1. The number of oxime groups is 1. The maximum Gasteiger partial charge on any atom is 0.252 e. The first-order chi connectivity index (χ1) is 8.99. The lowest BCUT2D eigenvalue weighted by atomic mass is 10.1. The monoisotopic (exact) mass is 327 g/mol. The van der Waals surface area contributed by atoms with E-state index in [9.17, 15) is 4.79 Å². The van der Waals surface area contributed by atoms with Crippen molar-refractivity contribution in [3.63, 3.8) is 0 Å². The van der Waals surface area contributed by atoms with Crippen LogP contribution in [0.3, 0.4) is 0 Å². The largest absolute Gasteiger partial charge is 0.409 e. The number of nitrogens with zero attached hydrogens (tertiary/aromatic N) is 1. The number of halogens is 1. The van der Waals surface area contributed by atoms with Crippen LogP contribution in [0.1, 0.15) is 35.7 Å². The molecule has 1 amide bonds. The van der Waals surface area contributed by atoms with Crippen molar-refractivity contribution in [2.24, 2.45) is 10.9 Å². The van der Waals surface area contributed by atoms with Crippen LogP contribution >= 0.6 is 15.9 Å². The van der Waals surface area contributed by atoms with E-state index < -0.39 is 6.04 Å². The van der Waals surface area contributed by atoms with Crippen LogP contribution < -0.4 is 11.1 Å². The number of nitrogens with one attached hydrogen (secondary N) is 1. The van der Waals surface area contributed by atoms with Gasteiger partial charge < -0.3 is 16.3 Å². The lowest BCUT2D eigenvalue weighted by Crippen LogP contribution is -2.44. The van der Waals surface area contributed by atoms with Crippen molar-refractivity contribution in [3.05, 3.63) is 33.8 Å². The summed E-state index contributed by atoms with van der Waals surface area (Å²) in [6, 6.07) is 4.96. The number of hydrogen-bond acceptors (Lipinski definition) is 3. The van der Waals surface area contributed by atoms with E-state index in [1.54, 1.807) is 12.1 Å². The van der Waals surface area contributed by atoms with Gasteiger partial charge in [0.25, 0.3) is 5.91 Å². The fourth-order valence-corrected chi connectivity index (χ4v) is 2.25. The first-order valence-corrected chi connectivity index (χ1v) is 6.83. The Labute approximate surface area is 121 Å². The summed E-state index contributed by atoms with van der Waals surface area (Å²) in [5.41, 5.74) is 7.01. The van der Waals surface area contributed by atoms with Crippen LogP contribution in [0.15, 0.2) is 27.8 Å². The molecule has 0 aromatic heterocycles. The van der Waals surface area contributed by atoms with Gasteiger partial charge >= 0.3 is 0 Å². The van der Waals surface area contributed by atoms with Crippen LogP contribution in [-0.4, -0.2) is 23.0 Å². The summed E-state index contributed by atoms with van der Waals surface area (Å²) in [7, 11) is 0. The van der Waals surface area contributed by atoms with Gasteiger partial charge in [-0.1, -0.05) is 34.4 Å². The maximum atomic E-state index is 12.2. The highest BCUT2D eigenvalue weighted by atomic mass is 79.9. The number of benzene rings is 1. The fraction of sp³-hybridized carbons (Fsp3) is 0.385. The molecule has 4 N–H and O–H groups in total. The molecule has 0 aliphatic heterocycles. The second-order valence-corrected chi connectivity index (χ2v) is 5.21. The molecule has 0 saturated carbocycles. The molecule has 0 spiro atoms. The van der Waals surface area contributed by atoms with Gasteiger partial charge in [-0.2, -0.15) is 0 Å². The summed E-state index contributed by atoms with van der Waals surface area (Å²) >= 11 is 3.35. The molecule has 0 bridgehead atoms. The minimum atomic E-state index is -0.453. The second kappa shape index (κ2) is 7.13. The van der Waals surface area contributed by atoms with Crippen molar-refractivity contribution in [2.45, 2.75) is 32.7 Å².